The van der Waals surface area contributed by atoms with Gasteiger partial charge in [-0.05, 0) is 13.8 Å². The van der Waals surface area contributed by atoms with Gasteiger partial charge in [0.1, 0.15) is 0 Å². The van der Waals surface area contributed by atoms with Crippen LogP contribution in [0.3, 0.4) is 0 Å². The first kappa shape index (κ1) is 12.9. The normalized spacial score (nSPS) is 12.1. The summed E-state index contributed by atoms with van der Waals surface area (Å²) in [6, 6.07) is 0.204. The van der Waals surface area contributed by atoms with Gasteiger partial charge < -0.3 is 15.4 Å². The molecule has 5 nitrogen and oxygen atoms in total. The van der Waals surface area contributed by atoms with Crippen LogP contribution in [0.1, 0.15) is 25.6 Å². The first-order valence-electron chi connectivity index (χ1n) is 5.26. The van der Waals surface area contributed by atoms with Gasteiger partial charge in [-0.25, -0.2) is 9.78 Å². The second-order valence-electron chi connectivity index (χ2n) is 3.24. The van der Waals surface area contributed by atoms with E-state index in [9.17, 15) is 4.79 Å². The zero-order valence-corrected chi connectivity index (χ0v) is 10.3. The number of nitrogens with one attached hydrogen (secondary N) is 2. The smallest absolute Gasteiger partial charge is 0.407 e. The summed E-state index contributed by atoms with van der Waals surface area (Å²) in [5.41, 5.74) is 2.84. The summed E-state index contributed by atoms with van der Waals surface area (Å²) in [4.78, 5) is 15.1. The molecule has 1 aromatic heterocycles. The van der Waals surface area contributed by atoms with E-state index in [0.29, 0.717) is 19.7 Å². The maximum Gasteiger partial charge on any atom is 0.407 e. The highest BCUT2D eigenvalue weighted by Gasteiger charge is 2.06. The molecular formula is C10H17N3O2S. The Morgan fingerprint density at radius 3 is 3.06 bits per heavy atom. The topological polar surface area (TPSA) is 63.2 Å². The summed E-state index contributed by atoms with van der Waals surface area (Å²) in [5, 5.41) is 7.91. The Morgan fingerprint density at radius 2 is 2.44 bits per heavy atom. The largest absolute Gasteiger partial charge is 0.450 e. The second-order valence-corrected chi connectivity index (χ2v) is 3.96. The molecule has 1 amide bonds. The monoisotopic (exact) mass is 243 g/mol. The number of thiazole rings is 1. The molecule has 0 saturated heterocycles. The molecule has 0 aliphatic heterocycles. The van der Waals surface area contributed by atoms with E-state index in [0.717, 1.165) is 5.69 Å². The second kappa shape index (κ2) is 7.19. The Kier molecular flexibility index (Phi) is 5.81. The van der Waals surface area contributed by atoms with Crippen molar-refractivity contribution >= 4 is 17.4 Å². The molecule has 0 bridgehead atoms. The molecule has 6 heteroatoms. The predicted octanol–water partition coefficient (Wildman–Crippen LogP) is 1.54. The van der Waals surface area contributed by atoms with Crippen LogP contribution < -0.4 is 10.6 Å². The Hall–Kier alpha value is -1.14. The van der Waals surface area contributed by atoms with Crippen molar-refractivity contribution in [3.8, 4) is 0 Å². The summed E-state index contributed by atoms with van der Waals surface area (Å²) in [7, 11) is 0. The number of amides is 1. The van der Waals surface area contributed by atoms with E-state index in [1.54, 1.807) is 18.3 Å². The lowest BCUT2D eigenvalue weighted by molar-refractivity contribution is 0.152. The van der Waals surface area contributed by atoms with Crippen molar-refractivity contribution in [2.45, 2.75) is 19.9 Å². The van der Waals surface area contributed by atoms with Gasteiger partial charge in [0.15, 0.2) is 0 Å². The van der Waals surface area contributed by atoms with Crippen molar-refractivity contribution in [3.05, 3.63) is 16.6 Å². The molecule has 0 saturated carbocycles. The number of hydrogen-bond donors (Lipinski definition) is 2. The first-order chi connectivity index (χ1) is 7.74. The molecule has 1 atom stereocenters. The van der Waals surface area contributed by atoms with Crippen molar-refractivity contribution in [1.82, 2.24) is 15.6 Å². The van der Waals surface area contributed by atoms with Crippen molar-refractivity contribution in [3.63, 3.8) is 0 Å². The Bertz CT molecular complexity index is 303. The lowest BCUT2D eigenvalue weighted by Crippen LogP contribution is -2.33. The zero-order valence-electron chi connectivity index (χ0n) is 9.53. The van der Waals surface area contributed by atoms with Gasteiger partial charge in [-0.1, -0.05) is 0 Å². The molecule has 0 radical (unpaired) electrons. The molecule has 1 rings (SSSR count). The number of carbonyl (C=O) groups is 1. The average Bonchev–Trinajstić information content (AvgIpc) is 2.78. The van der Waals surface area contributed by atoms with Crippen LogP contribution in [0, 0.1) is 0 Å². The van der Waals surface area contributed by atoms with Crippen LogP contribution in [0.4, 0.5) is 4.79 Å². The molecule has 90 valence electrons. The quantitative estimate of drug-likeness (QED) is 0.744. The number of rotatable bonds is 6. The van der Waals surface area contributed by atoms with E-state index in [1.807, 2.05) is 17.8 Å². The molecule has 1 unspecified atom stereocenters. The maximum atomic E-state index is 10.9. The molecule has 0 fully saturated rings. The lowest BCUT2D eigenvalue weighted by atomic mass is 10.2. The number of alkyl carbamates (subject to hydrolysis) is 1. The van der Waals surface area contributed by atoms with Gasteiger partial charge in [-0.3, -0.25) is 0 Å². The van der Waals surface area contributed by atoms with Gasteiger partial charge in [-0.2, -0.15) is 0 Å². The third-order valence-electron chi connectivity index (χ3n) is 2.02. The highest BCUT2D eigenvalue weighted by Crippen LogP contribution is 2.10. The van der Waals surface area contributed by atoms with Crippen LogP contribution in [0.5, 0.6) is 0 Å². The fourth-order valence-corrected chi connectivity index (χ4v) is 1.82. The van der Waals surface area contributed by atoms with E-state index in [-0.39, 0.29) is 12.1 Å². The average molecular weight is 243 g/mol. The van der Waals surface area contributed by atoms with E-state index in [2.05, 4.69) is 15.6 Å². The van der Waals surface area contributed by atoms with Crippen molar-refractivity contribution < 1.29 is 9.53 Å². The zero-order chi connectivity index (χ0) is 11.8. The minimum Gasteiger partial charge on any atom is -0.450 e. The fourth-order valence-electron chi connectivity index (χ4n) is 1.18. The number of carbonyl (C=O) groups excluding carboxylic acids is 1. The number of ether oxygens (including phenoxy) is 1. The molecule has 0 aromatic carbocycles. The molecule has 0 aliphatic rings. The predicted molar refractivity (Wildman–Crippen MR) is 63.6 cm³/mol. The van der Waals surface area contributed by atoms with Crippen LogP contribution in [-0.2, 0) is 4.74 Å². The van der Waals surface area contributed by atoms with Gasteiger partial charge >= 0.3 is 6.09 Å². The lowest BCUT2D eigenvalue weighted by Gasteiger charge is -2.11. The van der Waals surface area contributed by atoms with Crippen LogP contribution in [-0.4, -0.2) is 30.8 Å². The van der Waals surface area contributed by atoms with Crippen LogP contribution >= 0.6 is 11.3 Å². The molecule has 0 aliphatic carbocycles. The highest BCUT2D eigenvalue weighted by molar-refractivity contribution is 7.07. The minimum atomic E-state index is -0.370. The van der Waals surface area contributed by atoms with Gasteiger partial charge in [-0.15, -0.1) is 11.3 Å². The summed E-state index contributed by atoms with van der Waals surface area (Å²) in [5.74, 6) is 0. The number of nitrogens with zero attached hydrogens (tertiary/aromatic N) is 1. The molecule has 0 spiro atoms. The van der Waals surface area contributed by atoms with E-state index in [4.69, 9.17) is 4.74 Å². The van der Waals surface area contributed by atoms with Crippen molar-refractivity contribution in [2.24, 2.45) is 0 Å². The van der Waals surface area contributed by atoms with E-state index < -0.39 is 0 Å². The highest BCUT2D eigenvalue weighted by atomic mass is 32.1. The number of aromatic nitrogens is 1. The van der Waals surface area contributed by atoms with Crippen molar-refractivity contribution in [1.29, 1.82) is 0 Å². The molecular weight excluding hydrogens is 226 g/mol. The minimum absolute atomic E-state index is 0.204. The van der Waals surface area contributed by atoms with Gasteiger partial charge in [0.05, 0.1) is 17.8 Å². The Balaban J connectivity index is 2.09. The van der Waals surface area contributed by atoms with Gasteiger partial charge in [0, 0.05) is 24.5 Å². The van der Waals surface area contributed by atoms with Gasteiger partial charge in [0.2, 0.25) is 0 Å². The summed E-state index contributed by atoms with van der Waals surface area (Å²) in [6.45, 7) is 5.46. The third-order valence-corrected chi connectivity index (χ3v) is 2.62. The molecule has 16 heavy (non-hydrogen) atoms. The van der Waals surface area contributed by atoms with Crippen molar-refractivity contribution in [2.75, 3.05) is 19.7 Å². The Labute approximate surface area is 99.2 Å². The number of hydrogen-bond acceptors (Lipinski definition) is 5. The summed E-state index contributed by atoms with van der Waals surface area (Å²) < 4.78 is 4.73. The Morgan fingerprint density at radius 1 is 1.62 bits per heavy atom. The van der Waals surface area contributed by atoms with Gasteiger partial charge in [0.25, 0.3) is 0 Å². The standard InChI is InChI=1S/C10H17N3O2S/c1-3-15-10(14)12-5-4-11-8(2)9-6-16-7-13-9/h6-8,11H,3-5H2,1-2H3,(H,12,14). The fraction of sp³-hybridized carbons (Fsp3) is 0.600. The van der Waals surface area contributed by atoms with E-state index in [1.165, 1.54) is 0 Å². The third kappa shape index (κ3) is 4.59. The first-order valence-corrected chi connectivity index (χ1v) is 6.20. The maximum absolute atomic E-state index is 10.9. The SMILES string of the molecule is CCOC(=O)NCCNC(C)c1cscn1. The van der Waals surface area contributed by atoms with Crippen LogP contribution in [0.25, 0.3) is 0 Å². The van der Waals surface area contributed by atoms with E-state index >= 15 is 0 Å². The molecule has 1 aromatic rings. The summed E-state index contributed by atoms with van der Waals surface area (Å²) in [6.07, 6.45) is -0.370. The molecule has 1 heterocycles. The van der Waals surface area contributed by atoms with Crippen LogP contribution in [0.15, 0.2) is 10.9 Å². The molecule has 2 N–H and O–H groups in total. The van der Waals surface area contributed by atoms with Crippen LogP contribution in [0.2, 0.25) is 0 Å². The summed E-state index contributed by atoms with van der Waals surface area (Å²) >= 11 is 1.58.